The molecule has 0 aromatic heterocycles. The Kier molecular flexibility index (Phi) is 5.60. The number of hydrogen-bond acceptors (Lipinski definition) is 4. The Morgan fingerprint density at radius 2 is 1.61 bits per heavy atom. The van der Waals surface area contributed by atoms with Gasteiger partial charge < -0.3 is 10.6 Å². The lowest BCUT2D eigenvalue weighted by molar-refractivity contribution is -0.137. The number of nitrogens with zero attached hydrogens (tertiary/aromatic N) is 3. The van der Waals surface area contributed by atoms with Gasteiger partial charge in [0.25, 0.3) is 0 Å². The molecule has 2 aliphatic heterocycles. The van der Waals surface area contributed by atoms with E-state index in [1.165, 1.54) is 19.4 Å². The van der Waals surface area contributed by atoms with E-state index in [0.717, 1.165) is 64.1 Å². The molecule has 132 valence electrons. The van der Waals surface area contributed by atoms with Crippen LogP contribution in [0.3, 0.4) is 0 Å². The summed E-state index contributed by atoms with van der Waals surface area (Å²) in [4.78, 5) is 19.8. The lowest BCUT2D eigenvalue weighted by Crippen LogP contribution is -2.53. The third kappa shape index (κ3) is 3.89. The van der Waals surface area contributed by atoms with Crippen LogP contribution in [0.1, 0.15) is 46.0 Å². The molecule has 0 aromatic carbocycles. The van der Waals surface area contributed by atoms with Gasteiger partial charge in [-0.3, -0.25) is 14.6 Å². The Bertz CT molecular complexity index is 398. The summed E-state index contributed by atoms with van der Waals surface area (Å²) in [7, 11) is 0. The maximum Gasteiger partial charge on any atom is 0.227 e. The number of likely N-dealkylation sites (tertiary alicyclic amines) is 1. The smallest absolute Gasteiger partial charge is 0.227 e. The fourth-order valence-corrected chi connectivity index (χ4v) is 4.67. The molecule has 2 saturated heterocycles. The fraction of sp³-hybridized carbons (Fsp3) is 0.944. The van der Waals surface area contributed by atoms with E-state index < -0.39 is 0 Å². The van der Waals surface area contributed by atoms with Crippen LogP contribution in [-0.2, 0) is 4.79 Å². The third-order valence-corrected chi connectivity index (χ3v) is 6.38. The zero-order chi connectivity index (χ0) is 16.4. The normalized spacial score (nSPS) is 36.7. The van der Waals surface area contributed by atoms with Gasteiger partial charge >= 0.3 is 0 Å². The van der Waals surface area contributed by atoms with Crippen molar-refractivity contribution in [2.24, 2.45) is 11.7 Å². The van der Waals surface area contributed by atoms with Gasteiger partial charge in [-0.2, -0.15) is 0 Å². The fourth-order valence-electron chi connectivity index (χ4n) is 4.67. The zero-order valence-electron chi connectivity index (χ0n) is 14.9. The van der Waals surface area contributed by atoms with E-state index in [0.29, 0.717) is 5.91 Å². The van der Waals surface area contributed by atoms with Crippen molar-refractivity contribution in [2.75, 3.05) is 39.3 Å². The van der Waals surface area contributed by atoms with Crippen LogP contribution < -0.4 is 5.73 Å². The Morgan fingerprint density at radius 1 is 0.957 bits per heavy atom. The summed E-state index contributed by atoms with van der Waals surface area (Å²) in [5.74, 6) is 0.407. The van der Waals surface area contributed by atoms with Gasteiger partial charge in [0, 0.05) is 57.4 Å². The summed E-state index contributed by atoms with van der Waals surface area (Å²) >= 11 is 0. The Morgan fingerprint density at radius 3 is 2.17 bits per heavy atom. The number of carbonyl (C=O) groups excluding carboxylic acids is 1. The zero-order valence-corrected chi connectivity index (χ0v) is 14.9. The van der Waals surface area contributed by atoms with E-state index in [9.17, 15) is 4.79 Å². The highest BCUT2D eigenvalue weighted by Crippen LogP contribution is 2.26. The molecule has 1 amide bonds. The van der Waals surface area contributed by atoms with Gasteiger partial charge in [-0.05, 0) is 39.5 Å². The molecule has 5 nitrogen and oxygen atoms in total. The molecule has 0 spiro atoms. The van der Waals surface area contributed by atoms with E-state index in [1.807, 2.05) is 0 Å². The van der Waals surface area contributed by atoms with Crippen LogP contribution in [0.2, 0.25) is 0 Å². The van der Waals surface area contributed by atoms with Crippen LogP contribution in [0.25, 0.3) is 0 Å². The number of amides is 1. The van der Waals surface area contributed by atoms with E-state index in [-0.39, 0.29) is 12.0 Å². The molecule has 0 aromatic rings. The molecule has 0 radical (unpaired) electrons. The average Bonchev–Trinajstić information content (AvgIpc) is 3.11. The molecular weight excluding hydrogens is 288 g/mol. The first-order valence-electron chi connectivity index (χ1n) is 9.58. The van der Waals surface area contributed by atoms with Crippen molar-refractivity contribution in [2.45, 2.75) is 64.1 Å². The first-order chi connectivity index (χ1) is 11.1. The van der Waals surface area contributed by atoms with Crippen molar-refractivity contribution in [3.05, 3.63) is 0 Å². The van der Waals surface area contributed by atoms with Gasteiger partial charge in [-0.15, -0.1) is 0 Å². The minimum atomic E-state index is 0.0906. The Balaban J connectivity index is 1.41. The van der Waals surface area contributed by atoms with Crippen molar-refractivity contribution >= 4 is 5.91 Å². The first-order valence-corrected chi connectivity index (χ1v) is 9.58. The SMILES string of the molecule is C[C@@H]1CC[C@H](C)N1CCN1CCN(C(=O)[C@@H]2CCC[C@H]2N)CC1. The Labute approximate surface area is 141 Å². The molecule has 1 aliphatic carbocycles. The number of rotatable bonds is 4. The van der Waals surface area contributed by atoms with E-state index in [4.69, 9.17) is 5.73 Å². The molecule has 4 atom stereocenters. The summed E-state index contributed by atoms with van der Waals surface area (Å²) in [6, 6.07) is 1.56. The van der Waals surface area contributed by atoms with Gasteiger partial charge in [-0.25, -0.2) is 0 Å². The van der Waals surface area contributed by atoms with Gasteiger partial charge in [0.15, 0.2) is 0 Å². The highest BCUT2D eigenvalue weighted by atomic mass is 16.2. The molecule has 0 bridgehead atoms. The van der Waals surface area contributed by atoms with Crippen LogP contribution in [0.4, 0.5) is 0 Å². The monoisotopic (exact) mass is 322 g/mol. The van der Waals surface area contributed by atoms with Gasteiger partial charge in [0.05, 0.1) is 5.92 Å². The van der Waals surface area contributed by atoms with Crippen molar-refractivity contribution in [1.82, 2.24) is 14.7 Å². The van der Waals surface area contributed by atoms with Gasteiger partial charge in [0.1, 0.15) is 0 Å². The molecule has 2 heterocycles. The highest BCUT2D eigenvalue weighted by molar-refractivity contribution is 5.80. The second kappa shape index (κ2) is 7.49. The maximum absolute atomic E-state index is 12.6. The molecule has 3 aliphatic rings. The number of nitrogens with two attached hydrogens (primary N) is 1. The van der Waals surface area contributed by atoms with Crippen molar-refractivity contribution in [3.8, 4) is 0 Å². The number of hydrogen-bond donors (Lipinski definition) is 1. The summed E-state index contributed by atoms with van der Waals surface area (Å²) in [5.41, 5.74) is 6.09. The standard InChI is InChI=1S/C18H34N4O/c1-14-6-7-15(2)22(14)13-10-20-8-11-21(12-9-20)18(23)16-4-3-5-17(16)19/h14-17H,3-13,19H2,1-2H3/t14-,15+,16-,17-/m1/s1. The van der Waals surface area contributed by atoms with Gasteiger partial charge in [-0.1, -0.05) is 6.42 Å². The largest absolute Gasteiger partial charge is 0.340 e. The van der Waals surface area contributed by atoms with Crippen LogP contribution in [0, 0.1) is 5.92 Å². The lowest BCUT2D eigenvalue weighted by Gasteiger charge is -2.37. The third-order valence-electron chi connectivity index (χ3n) is 6.38. The molecule has 2 N–H and O–H groups in total. The van der Waals surface area contributed by atoms with E-state index in [2.05, 4.69) is 28.5 Å². The van der Waals surface area contributed by atoms with Crippen LogP contribution in [-0.4, -0.2) is 78.0 Å². The minimum absolute atomic E-state index is 0.0906. The second-order valence-electron chi connectivity index (χ2n) is 7.88. The molecular formula is C18H34N4O. The first kappa shape index (κ1) is 17.2. The quantitative estimate of drug-likeness (QED) is 0.843. The van der Waals surface area contributed by atoms with Crippen molar-refractivity contribution in [3.63, 3.8) is 0 Å². The summed E-state index contributed by atoms with van der Waals surface area (Å²) in [6.45, 7) is 10.8. The predicted octanol–water partition coefficient (Wildman–Crippen LogP) is 1.13. The number of piperazine rings is 1. The summed E-state index contributed by atoms with van der Waals surface area (Å²) in [6.07, 6.45) is 5.80. The van der Waals surface area contributed by atoms with Gasteiger partial charge in [0.2, 0.25) is 5.91 Å². The molecule has 0 unspecified atom stereocenters. The molecule has 3 fully saturated rings. The molecule has 5 heteroatoms. The Hall–Kier alpha value is -0.650. The summed E-state index contributed by atoms with van der Waals surface area (Å²) < 4.78 is 0. The van der Waals surface area contributed by atoms with Crippen LogP contribution in [0.5, 0.6) is 0 Å². The topological polar surface area (TPSA) is 52.8 Å². The van der Waals surface area contributed by atoms with Crippen molar-refractivity contribution in [1.29, 1.82) is 0 Å². The van der Waals surface area contributed by atoms with Crippen LogP contribution >= 0.6 is 0 Å². The second-order valence-corrected chi connectivity index (χ2v) is 7.88. The summed E-state index contributed by atoms with van der Waals surface area (Å²) in [5, 5.41) is 0. The molecule has 3 rings (SSSR count). The van der Waals surface area contributed by atoms with E-state index >= 15 is 0 Å². The van der Waals surface area contributed by atoms with Crippen molar-refractivity contribution < 1.29 is 4.79 Å². The maximum atomic E-state index is 12.6. The predicted molar refractivity (Wildman–Crippen MR) is 93.2 cm³/mol. The molecule has 23 heavy (non-hydrogen) atoms. The molecule has 1 saturated carbocycles. The lowest BCUT2D eigenvalue weighted by atomic mass is 10.0. The average molecular weight is 322 g/mol. The highest BCUT2D eigenvalue weighted by Gasteiger charge is 2.34. The van der Waals surface area contributed by atoms with Crippen LogP contribution in [0.15, 0.2) is 0 Å². The minimum Gasteiger partial charge on any atom is -0.340 e. The van der Waals surface area contributed by atoms with E-state index in [1.54, 1.807) is 0 Å². The number of carbonyl (C=O) groups is 1.